The molecule has 0 amide bonds. The molecule has 4 N–H and O–H groups in total. The van der Waals surface area contributed by atoms with Crippen molar-refractivity contribution in [3.05, 3.63) is 28.4 Å². The highest BCUT2D eigenvalue weighted by Gasteiger charge is 2.43. The number of rotatable bonds is 5. The zero-order valence-corrected chi connectivity index (χ0v) is 12.8. The molecular formula is C15H18N4O5. The maximum absolute atomic E-state index is 12.2. The molecule has 1 saturated heterocycles. The van der Waals surface area contributed by atoms with Crippen molar-refractivity contribution in [2.24, 2.45) is 0 Å². The van der Waals surface area contributed by atoms with E-state index in [-0.39, 0.29) is 0 Å². The summed E-state index contributed by atoms with van der Waals surface area (Å²) >= 11 is 0. The molecule has 4 atom stereocenters. The van der Waals surface area contributed by atoms with Gasteiger partial charge in [-0.15, -0.1) is 0 Å². The van der Waals surface area contributed by atoms with E-state index >= 15 is 0 Å². The molecule has 0 radical (unpaired) electrons. The van der Waals surface area contributed by atoms with Gasteiger partial charge in [-0.2, -0.15) is 10.2 Å². The third-order valence-corrected chi connectivity index (χ3v) is 4.11. The third-order valence-electron chi connectivity index (χ3n) is 4.11. The fraction of sp³-hybridized carbons (Fsp3) is 0.533. The Hall–Kier alpha value is -2.25. The fourth-order valence-electron chi connectivity index (χ4n) is 2.85. The quantitative estimate of drug-likeness (QED) is 0.523. The van der Waals surface area contributed by atoms with Gasteiger partial charge in [0.2, 0.25) is 0 Å². The van der Waals surface area contributed by atoms with Crippen LogP contribution in [0.4, 0.5) is 0 Å². The van der Waals surface area contributed by atoms with Crippen LogP contribution in [0, 0.1) is 11.3 Å². The molecule has 0 bridgehead atoms. The summed E-state index contributed by atoms with van der Waals surface area (Å²) in [5.41, 5.74) is 0.628. The fourth-order valence-corrected chi connectivity index (χ4v) is 2.85. The van der Waals surface area contributed by atoms with Gasteiger partial charge in [0.25, 0.3) is 0 Å². The van der Waals surface area contributed by atoms with Crippen LogP contribution in [-0.4, -0.2) is 54.8 Å². The molecule has 3 heterocycles. The van der Waals surface area contributed by atoms with Gasteiger partial charge in [-0.25, -0.2) is 4.79 Å². The molecule has 1 aliphatic rings. The van der Waals surface area contributed by atoms with Crippen LogP contribution in [0.3, 0.4) is 0 Å². The van der Waals surface area contributed by atoms with Crippen molar-refractivity contribution >= 4 is 11.0 Å². The van der Waals surface area contributed by atoms with Gasteiger partial charge < -0.3 is 25.0 Å². The van der Waals surface area contributed by atoms with Crippen LogP contribution in [-0.2, 0) is 11.2 Å². The van der Waals surface area contributed by atoms with Crippen molar-refractivity contribution in [2.45, 2.75) is 43.8 Å². The minimum atomic E-state index is -1.34. The average Bonchev–Trinajstić information content (AvgIpc) is 3.08. The number of aryl methyl sites for hydroxylation is 1. The van der Waals surface area contributed by atoms with Crippen molar-refractivity contribution in [1.29, 1.82) is 5.26 Å². The van der Waals surface area contributed by atoms with Crippen molar-refractivity contribution in [3.63, 3.8) is 0 Å². The monoisotopic (exact) mass is 334 g/mol. The molecule has 128 valence electrons. The molecule has 9 nitrogen and oxygen atoms in total. The number of H-pyrrole nitrogens is 1. The van der Waals surface area contributed by atoms with Crippen molar-refractivity contribution < 1.29 is 20.1 Å². The summed E-state index contributed by atoms with van der Waals surface area (Å²) in [7, 11) is 0. The van der Waals surface area contributed by atoms with Crippen LogP contribution < -0.4 is 5.69 Å². The van der Waals surface area contributed by atoms with Gasteiger partial charge in [0.1, 0.15) is 24.0 Å². The Morgan fingerprint density at radius 2 is 2.21 bits per heavy atom. The molecule has 1 aliphatic heterocycles. The molecule has 0 aromatic carbocycles. The summed E-state index contributed by atoms with van der Waals surface area (Å²) in [5, 5.41) is 38.2. The molecule has 24 heavy (non-hydrogen) atoms. The molecule has 0 spiro atoms. The van der Waals surface area contributed by atoms with Crippen molar-refractivity contribution in [2.75, 3.05) is 6.61 Å². The number of fused-ring (bicyclic) bond motifs is 1. The Balaban J connectivity index is 1.91. The van der Waals surface area contributed by atoms with Crippen LogP contribution >= 0.6 is 0 Å². The zero-order valence-electron chi connectivity index (χ0n) is 12.8. The Morgan fingerprint density at radius 3 is 2.88 bits per heavy atom. The van der Waals surface area contributed by atoms with Crippen molar-refractivity contribution in [1.82, 2.24) is 14.5 Å². The summed E-state index contributed by atoms with van der Waals surface area (Å²) in [4.78, 5) is 19.1. The Labute approximate surface area is 136 Å². The number of nitriles is 1. The minimum Gasteiger partial charge on any atom is -0.394 e. The third kappa shape index (κ3) is 2.92. The van der Waals surface area contributed by atoms with Crippen LogP contribution in [0.1, 0.15) is 24.8 Å². The highest BCUT2D eigenvalue weighted by atomic mass is 16.6. The van der Waals surface area contributed by atoms with Crippen LogP contribution in [0.2, 0.25) is 0 Å². The van der Waals surface area contributed by atoms with Crippen LogP contribution in [0.5, 0.6) is 0 Å². The lowest BCUT2D eigenvalue weighted by atomic mass is 10.1. The molecule has 0 aliphatic carbocycles. The Bertz CT molecular complexity index is 823. The summed E-state index contributed by atoms with van der Waals surface area (Å²) in [5.74, 6) is 0. The number of aromatic amines is 1. The number of nitrogens with zero attached hydrogens (tertiary/aromatic N) is 3. The summed E-state index contributed by atoms with van der Waals surface area (Å²) in [6.07, 6.45) is -1.40. The first-order valence-corrected chi connectivity index (χ1v) is 7.65. The maximum Gasteiger partial charge on any atom is 0.351 e. The molecule has 2 aromatic heterocycles. The van der Waals surface area contributed by atoms with Gasteiger partial charge in [0, 0.05) is 23.7 Å². The second kappa shape index (κ2) is 6.70. The van der Waals surface area contributed by atoms with Crippen LogP contribution in [0.25, 0.3) is 11.0 Å². The van der Waals surface area contributed by atoms with Crippen molar-refractivity contribution in [3.8, 4) is 6.07 Å². The molecule has 1 fully saturated rings. The predicted octanol–water partition coefficient (Wildman–Crippen LogP) is -0.818. The lowest BCUT2D eigenvalue weighted by molar-refractivity contribution is -0.0547. The lowest BCUT2D eigenvalue weighted by Crippen LogP contribution is -2.35. The summed E-state index contributed by atoms with van der Waals surface area (Å²) < 4.78 is 6.47. The molecule has 0 unspecified atom stereocenters. The van der Waals surface area contributed by atoms with Crippen LogP contribution in [0.15, 0.2) is 17.1 Å². The number of aliphatic hydroxyl groups is 3. The Kier molecular flexibility index (Phi) is 4.64. The first kappa shape index (κ1) is 16.6. The molecule has 9 heteroatoms. The zero-order chi connectivity index (χ0) is 17.3. The van der Waals surface area contributed by atoms with Gasteiger partial charge in [-0.05, 0) is 18.9 Å². The van der Waals surface area contributed by atoms with E-state index in [1.54, 1.807) is 0 Å². The number of ether oxygens (including phenoxy) is 1. The Morgan fingerprint density at radius 1 is 1.42 bits per heavy atom. The van der Waals surface area contributed by atoms with E-state index in [9.17, 15) is 15.0 Å². The molecule has 2 aromatic rings. The van der Waals surface area contributed by atoms with Gasteiger partial charge in [0.05, 0.1) is 12.7 Å². The number of unbranched alkanes of at least 4 members (excludes halogenated alkanes) is 1. The molecule has 3 rings (SSSR count). The molecule has 0 saturated carbocycles. The normalized spacial score (nSPS) is 26.8. The highest BCUT2D eigenvalue weighted by Crippen LogP contribution is 2.28. The summed E-state index contributed by atoms with van der Waals surface area (Å²) in [6.45, 7) is -0.466. The SMILES string of the molecule is N#CCCCc1cc2cn([C@@H]3O[C@H](CO)[C@@H](O)[C@@H]3O)c(=O)nc2[nH]1. The smallest absolute Gasteiger partial charge is 0.351 e. The number of hydrogen-bond donors (Lipinski definition) is 4. The van der Waals surface area contributed by atoms with Gasteiger partial charge in [0.15, 0.2) is 6.23 Å². The van der Waals surface area contributed by atoms with Gasteiger partial charge >= 0.3 is 5.69 Å². The van der Waals surface area contributed by atoms with E-state index in [2.05, 4.69) is 16.0 Å². The van der Waals surface area contributed by atoms with E-state index in [0.29, 0.717) is 30.3 Å². The number of aromatic nitrogens is 3. The first-order chi connectivity index (χ1) is 11.5. The van der Waals surface area contributed by atoms with E-state index in [0.717, 1.165) is 10.3 Å². The standard InChI is InChI=1S/C15H18N4O5/c16-4-2-1-3-9-5-8-6-19(15(23)18-13(8)17-9)14-12(22)11(21)10(7-20)24-14/h5-6,10-12,14,20-22H,1-3,7H2,(H,17,18,23)/t10-,11-,12+,14-/m1/s1. The average molecular weight is 334 g/mol. The minimum absolute atomic E-state index is 0.412. The second-order valence-corrected chi connectivity index (χ2v) is 5.77. The maximum atomic E-state index is 12.2. The highest BCUT2D eigenvalue weighted by molar-refractivity contribution is 5.75. The molecular weight excluding hydrogens is 316 g/mol. The topological polar surface area (TPSA) is 144 Å². The largest absolute Gasteiger partial charge is 0.394 e. The predicted molar refractivity (Wildman–Crippen MR) is 81.9 cm³/mol. The lowest BCUT2D eigenvalue weighted by Gasteiger charge is -2.16. The second-order valence-electron chi connectivity index (χ2n) is 5.77. The number of hydrogen-bond acceptors (Lipinski definition) is 7. The van der Waals surface area contributed by atoms with Gasteiger partial charge in [-0.3, -0.25) is 4.57 Å². The van der Waals surface area contributed by atoms with E-state index in [4.69, 9.17) is 15.1 Å². The number of nitrogens with one attached hydrogen (secondary N) is 1. The van der Waals surface area contributed by atoms with E-state index < -0.39 is 36.8 Å². The first-order valence-electron chi connectivity index (χ1n) is 7.65. The van der Waals surface area contributed by atoms with Gasteiger partial charge in [-0.1, -0.05) is 0 Å². The number of aliphatic hydroxyl groups excluding tert-OH is 3. The summed E-state index contributed by atoms with van der Waals surface area (Å²) in [6, 6.07) is 3.89. The van der Waals surface area contributed by atoms with E-state index in [1.165, 1.54) is 6.20 Å². The van der Waals surface area contributed by atoms with E-state index in [1.807, 2.05) is 6.07 Å².